The van der Waals surface area contributed by atoms with E-state index in [0.29, 0.717) is 37.7 Å². The number of likely N-dealkylation sites (tertiary alicyclic amines) is 1. The summed E-state index contributed by atoms with van der Waals surface area (Å²) in [5, 5.41) is 5.58. The van der Waals surface area contributed by atoms with E-state index in [2.05, 4.69) is 22.5 Å². The zero-order valence-corrected chi connectivity index (χ0v) is 15.8. The number of carbonyl (C=O) groups is 3. The minimum atomic E-state index is -0.286. The molecule has 146 valence electrons. The van der Waals surface area contributed by atoms with Crippen molar-refractivity contribution in [3.8, 4) is 0 Å². The molecule has 2 fully saturated rings. The summed E-state index contributed by atoms with van der Waals surface area (Å²) < 4.78 is 0. The molecule has 0 radical (unpaired) electrons. The number of nitrogens with zero attached hydrogens (tertiary/aromatic N) is 2. The van der Waals surface area contributed by atoms with Gasteiger partial charge in [0, 0.05) is 44.5 Å². The van der Waals surface area contributed by atoms with Crippen LogP contribution in [0, 0.1) is 11.8 Å². The highest BCUT2D eigenvalue weighted by Gasteiger charge is 2.38. The van der Waals surface area contributed by atoms with E-state index in [1.165, 1.54) is 6.20 Å². The zero-order chi connectivity index (χ0) is 19.2. The van der Waals surface area contributed by atoms with E-state index in [0.717, 1.165) is 31.6 Å². The van der Waals surface area contributed by atoms with Crippen molar-refractivity contribution in [2.75, 3.05) is 19.6 Å². The molecular weight excluding hydrogens is 344 g/mol. The first-order valence-corrected chi connectivity index (χ1v) is 9.80. The van der Waals surface area contributed by atoms with Gasteiger partial charge in [0.25, 0.3) is 5.91 Å². The highest BCUT2D eigenvalue weighted by molar-refractivity contribution is 5.93. The third kappa shape index (κ3) is 5.05. The minimum absolute atomic E-state index is 0.0968. The van der Waals surface area contributed by atoms with Crippen LogP contribution >= 0.6 is 0 Å². The van der Waals surface area contributed by atoms with E-state index < -0.39 is 0 Å². The maximum Gasteiger partial charge on any atom is 0.252 e. The highest BCUT2D eigenvalue weighted by Crippen LogP contribution is 2.31. The van der Waals surface area contributed by atoms with Gasteiger partial charge in [0.1, 0.15) is 0 Å². The van der Waals surface area contributed by atoms with Crippen LogP contribution in [0.5, 0.6) is 0 Å². The molecule has 1 aliphatic heterocycles. The largest absolute Gasteiger partial charge is 0.354 e. The Hall–Kier alpha value is -2.44. The molecule has 3 amide bonds. The van der Waals surface area contributed by atoms with Crippen molar-refractivity contribution >= 4 is 17.7 Å². The average molecular weight is 372 g/mol. The van der Waals surface area contributed by atoms with Crippen LogP contribution in [0.3, 0.4) is 0 Å². The fourth-order valence-electron chi connectivity index (χ4n) is 3.92. The van der Waals surface area contributed by atoms with Gasteiger partial charge in [-0.15, -0.1) is 0 Å². The molecule has 1 unspecified atom stereocenters. The van der Waals surface area contributed by atoms with Crippen LogP contribution in [0.4, 0.5) is 0 Å². The minimum Gasteiger partial charge on any atom is -0.354 e. The first kappa shape index (κ1) is 19.3. The Kier molecular flexibility index (Phi) is 6.42. The first-order valence-electron chi connectivity index (χ1n) is 9.80. The lowest BCUT2D eigenvalue weighted by atomic mass is 9.87. The number of amides is 3. The maximum atomic E-state index is 12.4. The van der Waals surface area contributed by atoms with Crippen molar-refractivity contribution in [2.45, 2.75) is 45.1 Å². The molecule has 2 heterocycles. The third-order valence-corrected chi connectivity index (χ3v) is 5.59. The van der Waals surface area contributed by atoms with Gasteiger partial charge in [-0.2, -0.15) is 0 Å². The SMILES string of the molecule is CC1CCC(N2CC(C(=O)NCCNC(=O)c3cccnc3)CC2=O)CC1. The second kappa shape index (κ2) is 8.97. The van der Waals surface area contributed by atoms with E-state index in [1.807, 2.05) is 4.90 Å². The van der Waals surface area contributed by atoms with Crippen LogP contribution in [0.25, 0.3) is 0 Å². The van der Waals surface area contributed by atoms with Gasteiger partial charge in [0.05, 0.1) is 11.5 Å². The van der Waals surface area contributed by atoms with Gasteiger partial charge >= 0.3 is 0 Å². The predicted octanol–water partition coefficient (Wildman–Crippen LogP) is 1.35. The summed E-state index contributed by atoms with van der Waals surface area (Å²) in [6.45, 7) is 3.46. The Morgan fingerprint density at radius 1 is 1.19 bits per heavy atom. The van der Waals surface area contributed by atoms with Gasteiger partial charge < -0.3 is 15.5 Å². The fraction of sp³-hybridized carbons (Fsp3) is 0.600. The van der Waals surface area contributed by atoms with E-state index in [-0.39, 0.29) is 23.6 Å². The van der Waals surface area contributed by atoms with Crippen molar-refractivity contribution in [1.82, 2.24) is 20.5 Å². The first-order chi connectivity index (χ1) is 13.0. The fourth-order valence-corrected chi connectivity index (χ4v) is 3.92. The van der Waals surface area contributed by atoms with E-state index in [1.54, 1.807) is 18.3 Å². The quantitative estimate of drug-likeness (QED) is 0.738. The molecule has 7 nitrogen and oxygen atoms in total. The molecule has 1 saturated carbocycles. The van der Waals surface area contributed by atoms with Crippen molar-refractivity contribution in [1.29, 1.82) is 0 Å². The van der Waals surface area contributed by atoms with Crippen molar-refractivity contribution in [3.05, 3.63) is 30.1 Å². The standard InChI is InChI=1S/C20H28N4O3/c1-14-4-6-17(7-5-14)24-13-16(11-18(24)25)20(27)23-10-9-22-19(26)15-3-2-8-21-12-15/h2-3,8,12,14,16-17H,4-7,9-11,13H2,1H3,(H,22,26)(H,23,27). The normalized spacial score (nSPS) is 25.3. The van der Waals surface area contributed by atoms with Gasteiger partial charge in [-0.3, -0.25) is 19.4 Å². The van der Waals surface area contributed by atoms with Crippen LogP contribution < -0.4 is 10.6 Å². The lowest BCUT2D eigenvalue weighted by Crippen LogP contribution is -2.41. The monoisotopic (exact) mass is 372 g/mol. The van der Waals surface area contributed by atoms with Crippen molar-refractivity contribution in [2.24, 2.45) is 11.8 Å². The average Bonchev–Trinajstić information content (AvgIpc) is 3.08. The second-order valence-corrected chi connectivity index (χ2v) is 7.65. The molecule has 27 heavy (non-hydrogen) atoms. The van der Waals surface area contributed by atoms with Gasteiger partial charge in [-0.25, -0.2) is 0 Å². The molecule has 7 heteroatoms. The Bertz CT molecular complexity index is 671. The Morgan fingerprint density at radius 2 is 1.93 bits per heavy atom. The van der Waals surface area contributed by atoms with Crippen LogP contribution in [-0.2, 0) is 9.59 Å². The summed E-state index contributed by atoms with van der Waals surface area (Å²) in [6, 6.07) is 3.68. The van der Waals surface area contributed by atoms with Gasteiger partial charge in [0.2, 0.25) is 11.8 Å². The third-order valence-electron chi connectivity index (χ3n) is 5.59. The molecule has 1 aromatic rings. The van der Waals surface area contributed by atoms with Crippen LogP contribution in [0.1, 0.15) is 49.4 Å². The molecule has 3 rings (SSSR count). The van der Waals surface area contributed by atoms with Crippen LogP contribution in [0.2, 0.25) is 0 Å². The molecular formula is C20H28N4O3. The molecule has 0 aromatic carbocycles. The summed E-state index contributed by atoms with van der Waals surface area (Å²) in [7, 11) is 0. The smallest absolute Gasteiger partial charge is 0.252 e. The van der Waals surface area contributed by atoms with Gasteiger partial charge in [0.15, 0.2) is 0 Å². The topological polar surface area (TPSA) is 91.4 Å². The molecule has 1 aromatic heterocycles. The molecule has 1 saturated heterocycles. The highest BCUT2D eigenvalue weighted by atomic mass is 16.2. The number of hydrogen-bond acceptors (Lipinski definition) is 4. The number of aromatic nitrogens is 1. The van der Waals surface area contributed by atoms with E-state index in [4.69, 9.17) is 0 Å². The van der Waals surface area contributed by atoms with Crippen LogP contribution in [-0.4, -0.2) is 53.3 Å². The molecule has 2 N–H and O–H groups in total. The van der Waals surface area contributed by atoms with Gasteiger partial charge in [-0.05, 0) is 43.7 Å². The molecule has 1 aliphatic carbocycles. The summed E-state index contributed by atoms with van der Waals surface area (Å²) in [5.74, 6) is 0.224. The number of carbonyl (C=O) groups excluding carboxylic acids is 3. The summed E-state index contributed by atoms with van der Waals surface area (Å²) in [5.41, 5.74) is 0.489. The number of hydrogen-bond donors (Lipinski definition) is 2. The van der Waals surface area contributed by atoms with E-state index >= 15 is 0 Å². The van der Waals surface area contributed by atoms with Crippen LogP contribution in [0.15, 0.2) is 24.5 Å². The number of nitrogens with one attached hydrogen (secondary N) is 2. The molecule has 2 aliphatic rings. The van der Waals surface area contributed by atoms with Gasteiger partial charge in [-0.1, -0.05) is 6.92 Å². The van der Waals surface area contributed by atoms with E-state index in [9.17, 15) is 14.4 Å². The van der Waals surface area contributed by atoms with Crippen molar-refractivity contribution < 1.29 is 14.4 Å². The molecule has 0 bridgehead atoms. The number of pyridine rings is 1. The molecule has 0 spiro atoms. The maximum absolute atomic E-state index is 12.4. The lowest BCUT2D eigenvalue weighted by molar-refractivity contribution is -0.130. The Balaban J connectivity index is 1.38. The summed E-state index contributed by atoms with van der Waals surface area (Å²) in [4.78, 5) is 42.4. The predicted molar refractivity (Wildman–Crippen MR) is 101 cm³/mol. The summed E-state index contributed by atoms with van der Waals surface area (Å²) in [6.07, 6.45) is 7.79. The molecule has 1 atom stereocenters. The van der Waals surface area contributed by atoms with Crippen molar-refractivity contribution in [3.63, 3.8) is 0 Å². The summed E-state index contributed by atoms with van der Waals surface area (Å²) >= 11 is 0. The Morgan fingerprint density at radius 3 is 2.63 bits per heavy atom. The zero-order valence-electron chi connectivity index (χ0n) is 15.8. The Labute approximate surface area is 159 Å². The second-order valence-electron chi connectivity index (χ2n) is 7.65. The number of rotatable bonds is 6. The lowest BCUT2D eigenvalue weighted by Gasteiger charge is -2.33.